The molecule has 3 rings (SSSR count). The van der Waals surface area contributed by atoms with Gasteiger partial charge in [0.1, 0.15) is 0 Å². The van der Waals surface area contributed by atoms with Crippen LogP contribution < -0.4 is 0 Å². The molecule has 0 spiro atoms. The van der Waals surface area contributed by atoms with Gasteiger partial charge in [-0.1, -0.05) is 38.2 Å². The van der Waals surface area contributed by atoms with Gasteiger partial charge in [-0.25, -0.2) is 0 Å². The summed E-state index contributed by atoms with van der Waals surface area (Å²) in [6, 6.07) is 0. The molecule has 0 amide bonds. The summed E-state index contributed by atoms with van der Waals surface area (Å²) in [5.74, 6) is 2.37. The van der Waals surface area contributed by atoms with E-state index < -0.39 is 17.8 Å². The fourth-order valence-electron chi connectivity index (χ4n) is 6.13. The van der Waals surface area contributed by atoms with Crippen molar-refractivity contribution in [2.45, 2.75) is 102 Å². The number of aliphatic hydroxyl groups excluding tert-OH is 2. The minimum absolute atomic E-state index is 0.354. The van der Waals surface area contributed by atoms with E-state index in [9.17, 15) is 15.3 Å². The maximum atomic E-state index is 10.1. The first-order valence-electron chi connectivity index (χ1n) is 11.8. The summed E-state index contributed by atoms with van der Waals surface area (Å²) in [6.45, 7) is 12.8. The van der Waals surface area contributed by atoms with Gasteiger partial charge in [-0.3, -0.25) is 0 Å². The molecule has 0 aromatic heterocycles. The van der Waals surface area contributed by atoms with Gasteiger partial charge >= 0.3 is 0 Å². The van der Waals surface area contributed by atoms with Crippen molar-refractivity contribution in [2.75, 3.05) is 5.75 Å². The lowest BCUT2D eigenvalue weighted by Crippen LogP contribution is -2.37. The second-order valence-corrected chi connectivity index (χ2v) is 12.3. The van der Waals surface area contributed by atoms with Crippen molar-refractivity contribution in [3.63, 3.8) is 0 Å². The van der Waals surface area contributed by atoms with Crippen LogP contribution in [0.15, 0.2) is 35.5 Å². The van der Waals surface area contributed by atoms with E-state index in [1.807, 2.05) is 25.6 Å². The number of aliphatic hydroxyl groups is 3. The molecule has 3 nitrogen and oxygen atoms in total. The molecule has 170 valence electrons. The molecule has 3 N–H and O–H groups in total. The SMILES string of the molecule is C=C1/C(=C/C=C2\CCC[C@]3(C)[C@@H]([C@@H](C)SCCC(C)(C)O)CC[C@@H]23)C[C@@H](O)C[C@@H]1O. The van der Waals surface area contributed by atoms with Crippen LogP contribution in [-0.4, -0.2) is 44.1 Å². The molecule has 0 radical (unpaired) electrons. The minimum atomic E-state index is -0.618. The van der Waals surface area contributed by atoms with Gasteiger partial charge < -0.3 is 15.3 Å². The lowest BCUT2D eigenvalue weighted by Gasteiger charge is -2.44. The molecule has 0 aromatic carbocycles. The lowest BCUT2D eigenvalue weighted by molar-refractivity contribution is 0.0776. The summed E-state index contributed by atoms with van der Waals surface area (Å²) in [5.41, 5.74) is 3.11. The van der Waals surface area contributed by atoms with Crippen molar-refractivity contribution in [3.8, 4) is 0 Å². The topological polar surface area (TPSA) is 60.7 Å². The van der Waals surface area contributed by atoms with E-state index >= 15 is 0 Å². The van der Waals surface area contributed by atoms with Gasteiger partial charge in [0.25, 0.3) is 0 Å². The summed E-state index contributed by atoms with van der Waals surface area (Å²) in [7, 11) is 0. The number of hydrogen-bond acceptors (Lipinski definition) is 4. The number of allylic oxidation sites excluding steroid dienone is 3. The molecule has 0 heterocycles. The van der Waals surface area contributed by atoms with Gasteiger partial charge in [0.15, 0.2) is 0 Å². The van der Waals surface area contributed by atoms with Gasteiger partial charge in [-0.2, -0.15) is 11.8 Å². The fraction of sp³-hybridized carbons (Fsp3) is 0.769. The lowest BCUT2D eigenvalue weighted by atomic mass is 9.63. The Morgan fingerprint density at radius 2 is 2.00 bits per heavy atom. The van der Waals surface area contributed by atoms with Crippen LogP contribution in [0.25, 0.3) is 0 Å². The summed E-state index contributed by atoms with van der Waals surface area (Å²) >= 11 is 2.03. The highest BCUT2D eigenvalue weighted by Crippen LogP contribution is 2.59. The third kappa shape index (κ3) is 5.43. The zero-order valence-corrected chi connectivity index (χ0v) is 20.2. The normalized spacial score (nSPS) is 38.8. The fourth-order valence-corrected chi connectivity index (χ4v) is 7.79. The number of thioether (sulfide) groups is 1. The third-order valence-corrected chi connectivity index (χ3v) is 9.26. The second-order valence-electron chi connectivity index (χ2n) is 10.8. The van der Waals surface area contributed by atoms with Crippen molar-refractivity contribution in [1.82, 2.24) is 0 Å². The Bertz CT molecular complexity index is 689. The Hall–Kier alpha value is -0.550. The van der Waals surface area contributed by atoms with E-state index in [2.05, 4.69) is 32.6 Å². The predicted molar refractivity (Wildman–Crippen MR) is 128 cm³/mol. The van der Waals surface area contributed by atoms with Crippen molar-refractivity contribution in [3.05, 3.63) is 35.5 Å². The van der Waals surface area contributed by atoms with E-state index in [1.54, 1.807) is 5.57 Å². The van der Waals surface area contributed by atoms with E-state index in [1.165, 1.54) is 25.7 Å². The van der Waals surface area contributed by atoms with E-state index in [0.29, 0.717) is 29.4 Å². The zero-order chi connectivity index (χ0) is 22.1. The third-order valence-electron chi connectivity index (χ3n) is 7.96. The molecular weight excluding hydrogens is 392 g/mol. The molecule has 0 aromatic rings. The molecule has 6 atom stereocenters. The first-order valence-corrected chi connectivity index (χ1v) is 12.8. The maximum absolute atomic E-state index is 10.1. The van der Waals surface area contributed by atoms with Gasteiger partial charge in [-0.15, -0.1) is 0 Å². The highest BCUT2D eigenvalue weighted by Gasteiger charge is 2.50. The molecule has 0 saturated heterocycles. The van der Waals surface area contributed by atoms with E-state index in [0.717, 1.165) is 35.7 Å². The zero-order valence-electron chi connectivity index (χ0n) is 19.4. The monoisotopic (exact) mass is 434 g/mol. The average molecular weight is 435 g/mol. The molecular formula is C26H42O3S. The highest BCUT2D eigenvalue weighted by molar-refractivity contribution is 7.99. The van der Waals surface area contributed by atoms with Crippen molar-refractivity contribution in [1.29, 1.82) is 0 Å². The molecule has 3 aliphatic carbocycles. The number of fused-ring (bicyclic) bond motifs is 1. The molecule has 0 unspecified atom stereocenters. The molecule has 3 aliphatic rings. The largest absolute Gasteiger partial charge is 0.393 e. The summed E-state index contributed by atoms with van der Waals surface area (Å²) in [6.07, 6.45) is 11.4. The van der Waals surface area contributed by atoms with Crippen molar-refractivity contribution in [2.24, 2.45) is 17.3 Å². The Kier molecular flexibility index (Phi) is 7.65. The van der Waals surface area contributed by atoms with Crippen LogP contribution in [0.2, 0.25) is 0 Å². The summed E-state index contributed by atoms with van der Waals surface area (Å²) in [5, 5.41) is 30.8. The van der Waals surface area contributed by atoms with Crippen molar-refractivity contribution >= 4 is 11.8 Å². The first kappa shape index (κ1) is 24.1. The van der Waals surface area contributed by atoms with Crippen LogP contribution in [0, 0.1) is 17.3 Å². The molecule has 4 heteroatoms. The van der Waals surface area contributed by atoms with Crippen LogP contribution in [0.1, 0.15) is 79.1 Å². The van der Waals surface area contributed by atoms with E-state index in [-0.39, 0.29) is 0 Å². The van der Waals surface area contributed by atoms with Crippen LogP contribution >= 0.6 is 11.8 Å². The predicted octanol–water partition coefficient (Wildman–Crippen LogP) is 5.41. The maximum Gasteiger partial charge on any atom is 0.0811 e. The Labute approximate surface area is 187 Å². The molecule has 0 bridgehead atoms. The van der Waals surface area contributed by atoms with Gasteiger partial charge in [-0.05, 0) is 92.9 Å². The standard InChI is InChI=1S/C26H42O3S/c1-17-20(15-21(27)16-24(17)28)9-8-19-7-6-12-26(5)22(10-11-23(19)26)18(2)30-14-13-25(3,4)29/h8-9,18,21-24,27-29H,1,6-7,10-16H2,2-5H3/b19-8+,20-9+/t18-,21-,22-,23+,24+,26-/m1/s1. The van der Waals surface area contributed by atoms with Gasteiger partial charge in [0.05, 0.1) is 17.8 Å². The summed E-state index contributed by atoms with van der Waals surface area (Å²) in [4.78, 5) is 0. The smallest absolute Gasteiger partial charge is 0.0811 e. The van der Waals surface area contributed by atoms with Crippen LogP contribution in [-0.2, 0) is 0 Å². The Morgan fingerprint density at radius 1 is 1.27 bits per heavy atom. The minimum Gasteiger partial charge on any atom is -0.393 e. The van der Waals surface area contributed by atoms with Crippen molar-refractivity contribution < 1.29 is 15.3 Å². The van der Waals surface area contributed by atoms with Crippen LogP contribution in [0.4, 0.5) is 0 Å². The van der Waals surface area contributed by atoms with Crippen LogP contribution in [0.3, 0.4) is 0 Å². The quantitative estimate of drug-likeness (QED) is 0.523. The molecule has 3 saturated carbocycles. The Balaban J connectivity index is 1.70. The van der Waals surface area contributed by atoms with Crippen LogP contribution in [0.5, 0.6) is 0 Å². The van der Waals surface area contributed by atoms with Gasteiger partial charge in [0, 0.05) is 11.7 Å². The first-order chi connectivity index (χ1) is 14.0. The molecule has 3 fully saturated rings. The second kappa shape index (κ2) is 9.52. The Morgan fingerprint density at radius 3 is 2.70 bits per heavy atom. The van der Waals surface area contributed by atoms with E-state index in [4.69, 9.17) is 0 Å². The number of hydrogen-bond donors (Lipinski definition) is 3. The number of rotatable bonds is 6. The molecule has 30 heavy (non-hydrogen) atoms. The molecule has 0 aliphatic heterocycles. The van der Waals surface area contributed by atoms with Gasteiger partial charge in [0.2, 0.25) is 0 Å². The highest BCUT2D eigenvalue weighted by atomic mass is 32.2. The average Bonchev–Trinajstić information content (AvgIpc) is 3.00. The summed E-state index contributed by atoms with van der Waals surface area (Å²) < 4.78 is 0.